The standard InChI is InChI=1S/C13H22BrN3O3S/c1-4-16-10-11(14)9-12(16)13(18)15-7-6-8-17(5-2)21(3,19)20/h9-10H,4-8H2,1-3H3,(H,15,18). The molecule has 1 amide bonds. The first-order valence-corrected chi connectivity index (χ1v) is 9.52. The van der Waals surface area contributed by atoms with Crippen LogP contribution in [0, 0.1) is 0 Å². The maximum Gasteiger partial charge on any atom is 0.267 e. The van der Waals surface area contributed by atoms with E-state index in [1.807, 2.05) is 17.7 Å². The summed E-state index contributed by atoms with van der Waals surface area (Å²) in [5.74, 6) is -0.148. The van der Waals surface area contributed by atoms with Crippen LogP contribution in [0.5, 0.6) is 0 Å². The Morgan fingerprint density at radius 2 is 2.10 bits per heavy atom. The van der Waals surface area contributed by atoms with Gasteiger partial charge in [-0.2, -0.15) is 0 Å². The summed E-state index contributed by atoms with van der Waals surface area (Å²) in [5, 5.41) is 2.82. The van der Waals surface area contributed by atoms with E-state index in [2.05, 4.69) is 21.2 Å². The summed E-state index contributed by atoms with van der Waals surface area (Å²) in [5.41, 5.74) is 0.597. The van der Waals surface area contributed by atoms with Gasteiger partial charge in [-0.3, -0.25) is 4.79 Å². The summed E-state index contributed by atoms with van der Waals surface area (Å²) in [4.78, 5) is 12.1. The molecule has 0 aromatic carbocycles. The van der Waals surface area contributed by atoms with Crippen molar-refractivity contribution < 1.29 is 13.2 Å². The maximum absolute atomic E-state index is 12.1. The molecule has 0 fully saturated rings. The lowest BCUT2D eigenvalue weighted by molar-refractivity contribution is 0.0943. The van der Waals surface area contributed by atoms with Crippen molar-refractivity contribution >= 4 is 31.9 Å². The summed E-state index contributed by atoms with van der Waals surface area (Å²) in [6.45, 7) is 5.77. The number of halogens is 1. The van der Waals surface area contributed by atoms with Gasteiger partial charge in [-0.25, -0.2) is 12.7 Å². The van der Waals surface area contributed by atoms with E-state index < -0.39 is 10.0 Å². The van der Waals surface area contributed by atoms with Crippen LogP contribution < -0.4 is 5.32 Å². The van der Waals surface area contributed by atoms with Gasteiger partial charge >= 0.3 is 0 Å². The predicted molar refractivity (Wildman–Crippen MR) is 86.8 cm³/mol. The second-order valence-corrected chi connectivity index (χ2v) is 7.59. The third kappa shape index (κ3) is 5.44. The molecule has 0 aliphatic rings. The molecule has 0 saturated heterocycles. The van der Waals surface area contributed by atoms with Gasteiger partial charge in [0, 0.05) is 36.8 Å². The van der Waals surface area contributed by atoms with Crippen LogP contribution in [0.15, 0.2) is 16.7 Å². The van der Waals surface area contributed by atoms with Crippen LogP contribution in [0.2, 0.25) is 0 Å². The van der Waals surface area contributed by atoms with Crippen LogP contribution in [-0.4, -0.2) is 49.1 Å². The molecule has 1 aromatic heterocycles. The van der Waals surface area contributed by atoms with Crippen LogP contribution in [0.4, 0.5) is 0 Å². The molecule has 0 aliphatic carbocycles. The molecule has 0 atom stereocenters. The van der Waals surface area contributed by atoms with E-state index in [-0.39, 0.29) is 5.91 Å². The first-order valence-electron chi connectivity index (χ1n) is 6.88. The van der Waals surface area contributed by atoms with Crippen molar-refractivity contribution in [3.63, 3.8) is 0 Å². The Kier molecular flexibility index (Phi) is 6.89. The van der Waals surface area contributed by atoms with Crippen molar-refractivity contribution in [3.8, 4) is 0 Å². The highest BCUT2D eigenvalue weighted by Crippen LogP contribution is 2.14. The van der Waals surface area contributed by atoms with Gasteiger partial charge in [-0.15, -0.1) is 0 Å². The summed E-state index contributed by atoms with van der Waals surface area (Å²) < 4.78 is 27.0. The maximum atomic E-state index is 12.1. The lowest BCUT2D eigenvalue weighted by Crippen LogP contribution is -2.33. The van der Waals surface area contributed by atoms with Crippen molar-refractivity contribution in [1.29, 1.82) is 0 Å². The fourth-order valence-corrected chi connectivity index (χ4v) is 3.43. The molecule has 1 rings (SSSR count). The number of aryl methyl sites for hydroxylation is 1. The molecule has 0 saturated carbocycles. The van der Waals surface area contributed by atoms with Crippen LogP contribution in [0.1, 0.15) is 30.8 Å². The van der Waals surface area contributed by atoms with Crippen molar-refractivity contribution in [2.75, 3.05) is 25.9 Å². The molecule has 0 radical (unpaired) electrons. The zero-order valence-electron chi connectivity index (χ0n) is 12.6. The molecule has 8 heteroatoms. The van der Waals surface area contributed by atoms with Gasteiger partial charge in [0.2, 0.25) is 10.0 Å². The zero-order chi connectivity index (χ0) is 16.0. The van der Waals surface area contributed by atoms with Gasteiger partial charge in [-0.05, 0) is 35.3 Å². The molecule has 21 heavy (non-hydrogen) atoms. The topological polar surface area (TPSA) is 71.4 Å². The largest absolute Gasteiger partial charge is 0.351 e. The van der Waals surface area contributed by atoms with Gasteiger partial charge in [0.1, 0.15) is 5.69 Å². The van der Waals surface area contributed by atoms with Crippen LogP contribution in [-0.2, 0) is 16.6 Å². The van der Waals surface area contributed by atoms with Gasteiger partial charge in [0.25, 0.3) is 5.91 Å². The fraction of sp³-hybridized carbons (Fsp3) is 0.615. The number of hydrogen-bond donors (Lipinski definition) is 1. The molecule has 0 aliphatic heterocycles. The van der Waals surface area contributed by atoms with Gasteiger partial charge in [-0.1, -0.05) is 6.92 Å². The molecule has 1 aromatic rings. The molecule has 0 unspecified atom stereocenters. The van der Waals surface area contributed by atoms with Crippen LogP contribution in [0.25, 0.3) is 0 Å². The van der Waals surface area contributed by atoms with Crippen molar-refractivity contribution in [1.82, 2.24) is 14.2 Å². The molecule has 0 spiro atoms. The van der Waals surface area contributed by atoms with Gasteiger partial charge < -0.3 is 9.88 Å². The molecular weight excluding hydrogens is 358 g/mol. The van der Waals surface area contributed by atoms with Crippen LogP contribution in [0.3, 0.4) is 0 Å². The minimum Gasteiger partial charge on any atom is -0.351 e. The summed E-state index contributed by atoms with van der Waals surface area (Å²) in [7, 11) is -3.16. The van der Waals surface area contributed by atoms with E-state index in [4.69, 9.17) is 0 Å². The predicted octanol–water partition coefficient (Wildman–Crippen LogP) is 1.67. The first kappa shape index (κ1) is 18.2. The Balaban J connectivity index is 2.47. The SMILES string of the molecule is CCN(CCCNC(=O)c1cc(Br)cn1CC)S(C)(=O)=O. The van der Waals surface area contributed by atoms with Gasteiger partial charge in [0.15, 0.2) is 0 Å². The number of carbonyl (C=O) groups excluding carboxylic acids is 1. The lowest BCUT2D eigenvalue weighted by atomic mass is 10.3. The first-order chi connectivity index (χ1) is 9.79. The van der Waals surface area contributed by atoms with Crippen molar-refractivity contribution in [2.45, 2.75) is 26.8 Å². The van der Waals surface area contributed by atoms with E-state index in [0.717, 1.165) is 4.47 Å². The number of sulfonamides is 1. The third-order valence-corrected chi connectivity index (χ3v) is 4.94. The third-order valence-electron chi connectivity index (χ3n) is 3.13. The lowest BCUT2D eigenvalue weighted by Gasteiger charge is -2.17. The number of carbonyl (C=O) groups is 1. The number of nitrogens with zero attached hydrogens (tertiary/aromatic N) is 2. The van der Waals surface area contributed by atoms with E-state index in [1.165, 1.54) is 10.6 Å². The number of hydrogen-bond acceptors (Lipinski definition) is 3. The molecule has 1 N–H and O–H groups in total. The highest BCUT2D eigenvalue weighted by molar-refractivity contribution is 9.10. The normalized spacial score (nSPS) is 11.9. The van der Waals surface area contributed by atoms with Gasteiger partial charge in [0.05, 0.1) is 6.26 Å². The minimum absolute atomic E-state index is 0.148. The number of nitrogens with one attached hydrogen (secondary N) is 1. The highest BCUT2D eigenvalue weighted by Gasteiger charge is 2.14. The van der Waals surface area contributed by atoms with E-state index in [0.29, 0.717) is 38.3 Å². The van der Waals surface area contributed by atoms with Crippen molar-refractivity contribution in [2.24, 2.45) is 0 Å². The molecule has 6 nitrogen and oxygen atoms in total. The zero-order valence-corrected chi connectivity index (χ0v) is 15.0. The monoisotopic (exact) mass is 379 g/mol. The average molecular weight is 380 g/mol. The fourth-order valence-electron chi connectivity index (χ4n) is 2.03. The average Bonchev–Trinajstić information content (AvgIpc) is 2.78. The minimum atomic E-state index is -3.16. The molecule has 1 heterocycles. The van der Waals surface area contributed by atoms with E-state index in [1.54, 1.807) is 13.0 Å². The highest BCUT2D eigenvalue weighted by atomic mass is 79.9. The molecule has 0 bridgehead atoms. The number of aromatic nitrogens is 1. The Morgan fingerprint density at radius 3 is 2.62 bits per heavy atom. The molecule has 120 valence electrons. The second kappa shape index (κ2) is 7.95. The summed E-state index contributed by atoms with van der Waals surface area (Å²) in [6, 6.07) is 1.77. The Labute approximate surface area is 134 Å². The van der Waals surface area contributed by atoms with E-state index >= 15 is 0 Å². The quantitative estimate of drug-likeness (QED) is 0.698. The van der Waals surface area contributed by atoms with Crippen LogP contribution >= 0.6 is 15.9 Å². The Bertz CT molecular complexity index is 583. The smallest absolute Gasteiger partial charge is 0.267 e. The Hall–Kier alpha value is -0.860. The number of rotatable bonds is 8. The molecular formula is C13H22BrN3O3S. The van der Waals surface area contributed by atoms with E-state index in [9.17, 15) is 13.2 Å². The number of amides is 1. The second-order valence-electron chi connectivity index (χ2n) is 4.69. The Morgan fingerprint density at radius 1 is 1.43 bits per heavy atom. The summed E-state index contributed by atoms with van der Waals surface area (Å²) >= 11 is 3.35. The summed E-state index contributed by atoms with van der Waals surface area (Å²) in [6.07, 6.45) is 3.64. The van der Waals surface area contributed by atoms with Crippen molar-refractivity contribution in [3.05, 3.63) is 22.4 Å².